The Kier molecular flexibility index (Phi) is 5.64. The first-order valence-electron chi connectivity index (χ1n) is 9.56. The quantitative estimate of drug-likeness (QED) is 0.488. The van der Waals surface area contributed by atoms with Crippen LogP contribution in [0.1, 0.15) is 51.4 Å². The molecule has 1 heterocycles. The second-order valence-corrected chi connectivity index (χ2v) is 7.16. The third-order valence-electron chi connectivity index (χ3n) is 5.11. The number of hydrogen-bond donors (Lipinski definition) is 0. The van der Waals surface area contributed by atoms with E-state index in [0.717, 1.165) is 11.1 Å². The number of nitrogens with zero attached hydrogens (tertiary/aromatic N) is 2. The van der Waals surface area contributed by atoms with Crippen molar-refractivity contribution in [2.75, 3.05) is 0 Å². The van der Waals surface area contributed by atoms with Gasteiger partial charge in [0.15, 0.2) is 6.10 Å². The highest BCUT2D eigenvalue weighted by atomic mass is 16.5. The molecule has 29 heavy (non-hydrogen) atoms. The normalized spacial score (nSPS) is 12.0. The van der Waals surface area contributed by atoms with Gasteiger partial charge in [0.1, 0.15) is 5.69 Å². The van der Waals surface area contributed by atoms with E-state index in [-0.39, 0.29) is 16.9 Å². The van der Waals surface area contributed by atoms with E-state index in [2.05, 4.69) is 4.98 Å². The number of rotatable bonds is 5. The maximum absolute atomic E-state index is 12.6. The van der Waals surface area contributed by atoms with Crippen LogP contribution in [0.4, 0.5) is 0 Å². The van der Waals surface area contributed by atoms with Gasteiger partial charge in [0.25, 0.3) is 5.56 Å². The van der Waals surface area contributed by atoms with E-state index < -0.39 is 12.1 Å². The SMILES string of the molecule is CCn1c(=O)c(C)nc2cc(C(=O)O[C@H](C)C(=O)c3ccc(C)c(C)c3)ccc21. The molecule has 0 saturated heterocycles. The number of aryl methyl sites for hydroxylation is 4. The number of carbonyl (C=O) groups is 2. The predicted octanol–water partition coefficient (Wildman–Crippen LogP) is 3.77. The average molecular weight is 392 g/mol. The Balaban J connectivity index is 1.85. The summed E-state index contributed by atoms with van der Waals surface area (Å²) in [6.45, 7) is 9.49. The van der Waals surface area contributed by atoms with Crippen molar-refractivity contribution in [1.29, 1.82) is 0 Å². The number of aromatic nitrogens is 2. The van der Waals surface area contributed by atoms with E-state index in [0.29, 0.717) is 28.8 Å². The molecule has 0 N–H and O–H groups in total. The Bertz CT molecular complexity index is 1180. The molecular weight excluding hydrogens is 368 g/mol. The van der Waals surface area contributed by atoms with Gasteiger partial charge < -0.3 is 9.30 Å². The molecule has 0 aliphatic carbocycles. The predicted molar refractivity (Wildman–Crippen MR) is 112 cm³/mol. The van der Waals surface area contributed by atoms with Gasteiger partial charge in [-0.25, -0.2) is 9.78 Å². The second-order valence-electron chi connectivity index (χ2n) is 7.16. The fraction of sp³-hybridized carbons (Fsp3) is 0.304. The molecule has 150 valence electrons. The molecule has 0 saturated carbocycles. The van der Waals surface area contributed by atoms with Gasteiger partial charge in [-0.15, -0.1) is 0 Å². The third-order valence-corrected chi connectivity index (χ3v) is 5.11. The van der Waals surface area contributed by atoms with Gasteiger partial charge in [-0.1, -0.05) is 12.1 Å². The Hall–Kier alpha value is -3.28. The molecule has 0 bridgehead atoms. The first-order chi connectivity index (χ1) is 13.7. The Labute approximate surface area is 169 Å². The number of benzene rings is 2. The minimum Gasteiger partial charge on any atom is -0.451 e. The summed E-state index contributed by atoms with van der Waals surface area (Å²) >= 11 is 0. The molecule has 3 aromatic rings. The molecule has 6 nitrogen and oxygen atoms in total. The maximum atomic E-state index is 12.6. The highest BCUT2D eigenvalue weighted by Crippen LogP contribution is 2.17. The van der Waals surface area contributed by atoms with E-state index in [9.17, 15) is 14.4 Å². The van der Waals surface area contributed by atoms with Crippen molar-refractivity contribution in [3.63, 3.8) is 0 Å². The molecule has 2 aromatic carbocycles. The van der Waals surface area contributed by atoms with Crippen molar-refractivity contribution in [3.05, 3.63) is 74.7 Å². The van der Waals surface area contributed by atoms with Crippen LogP contribution in [0.15, 0.2) is 41.2 Å². The molecule has 0 amide bonds. The standard InChI is InChI=1S/C23H24N2O4/c1-6-25-20-10-9-18(12-19(20)24-15(4)22(25)27)23(28)29-16(5)21(26)17-8-7-13(2)14(3)11-17/h7-12,16H,6H2,1-5H3/t16-/m1/s1. The fourth-order valence-electron chi connectivity index (χ4n) is 3.23. The van der Waals surface area contributed by atoms with Crippen molar-refractivity contribution < 1.29 is 14.3 Å². The number of Topliss-reactive ketones (excluding diaryl/α,β-unsaturated/α-hetero) is 1. The van der Waals surface area contributed by atoms with Crippen LogP contribution in [-0.4, -0.2) is 27.4 Å². The van der Waals surface area contributed by atoms with E-state index in [1.165, 1.54) is 0 Å². The molecule has 6 heteroatoms. The van der Waals surface area contributed by atoms with Crippen LogP contribution in [0, 0.1) is 20.8 Å². The molecule has 0 radical (unpaired) electrons. The number of ether oxygens (including phenoxy) is 1. The number of esters is 1. The zero-order chi connectivity index (χ0) is 21.3. The molecule has 0 unspecified atom stereocenters. The number of carbonyl (C=O) groups excluding carboxylic acids is 2. The number of hydrogen-bond acceptors (Lipinski definition) is 5. The number of ketones is 1. The molecule has 0 spiro atoms. The summed E-state index contributed by atoms with van der Waals surface area (Å²) < 4.78 is 7.01. The van der Waals surface area contributed by atoms with Crippen LogP contribution in [0.3, 0.4) is 0 Å². The van der Waals surface area contributed by atoms with E-state index in [1.807, 2.05) is 26.8 Å². The van der Waals surface area contributed by atoms with E-state index >= 15 is 0 Å². The summed E-state index contributed by atoms with van der Waals surface area (Å²) in [5, 5.41) is 0. The van der Waals surface area contributed by atoms with Crippen LogP contribution < -0.4 is 5.56 Å². The van der Waals surface area contributed by atoms with E-state index in [4.69, 9.17) is 4.74 Å². The molecule has 1 aromatic heterocycles. The first kappa shape index (κ1) is 20.5. The molecular formula is C23H24N2O4. The number of fused-ring (bicyclic) bond motifs is 1. The second kappa shape index (κ2) is 7.99. The van der Waals surface area contributed by atoms with Crippen molar-refractivity contribution >= 4 is 22.8 Å². The molecule has 0 aliphatic heterocycles. The minimum atomic E-state index is -0.917. The van der Waals surface area contributed by atoms with Gasteiger partial charge in [0, 0.05) is 12.1 Å². The van der Waals surface area contributed by atoms with Crippen LogP contribution in [-0.2, 0) is 11.3 Å². The van der Waals surface area contributed by atoms with Crippen molar-refractivity contribution in [3.8, 4) is 0 Å². The Morgan fingerprint density at radius 2 is 1.72 bits per heavy atom. The summed E-state index contributed by atoms with van der Waals surface area (Å²) in [6.07, 6.45) is -0.917. The van der Waals surface area contributed by atoms with Crippen molar-refractivity contribution in [2.24, 2.45) is 0 Å². The highest BCUT2D eigenvalue weighted by Gasteiger charge is 2.21. The average Bonchev–Trinajstić information content (AvgIpc) is 2.70. The van der Waals surface area contributed by atoms with Gasteiger partial charge in [0.05, 0.1) is 16.6 Å². The fourth-order valence-corrected chi connectivity index (χ4v) is 3.23. The molecule has 3 rings (SSSR count). The topological polar surface area (TPSA) is 78.3 Å². The van der Waals surface area contributed by atoms with Crippen LogP contribution in [0.2, 0.25) is 0 Å². The lowest BCUT2D eigenvalue weighted by atomic mass is 10.0. The summed E-state index contributed by atoms with van der Waals surface area (Å²) in [5.41, 5.74) is 4.29. The summed E-state index contributed by atoms with van der Waals surface area (Å²) in [5.74, 6) is -0.860. The van der Waals surface area contributed by atoms with Crippen LogP contribution >= 0.6 is 0 Å². The summed E-state index contributed by atoms with van der Waals surface area (Å²) in [4.78, 5) is 41.7. The zero-order valence-corrected chi connectivity index (χ0v) is 17.3. The van der Waals surface area contributed by atoms with Gasteiger partial charge in [0.2, 0.25) is 5.78 Å². The summed E-state index contributed by atoms with van der Waals surface area (Å²) in [7, 11) is 0. The molecule has 0 fully saturated rings. The largest absolute Gasteiger partial charge is 0.451 e. The Morgan fingerprint density at radius 3 is 2.38 bits per heavy atom. The van der Waals surface area contributed by atoms with Gasteiger partial charge in [-0.2, -0.15) is 0 Å². The van der Waals surface area contributed by atoms with Crippen molar-refractivity contribution in [2.45, 2.75) is 47.3 Å². The van der Waals surface area contributed by atoms with Gasteiger partial charge >= 0.3 is 5.97 Å². The lowest BCUT2D eigenvalue weighted by Crippen LogP contribution is -2.25. The van der Waals surface area contributed by atoms with Gasteiger partial charge in [-0.05, 0) is 70.0 Å². The summed E-state index contributed by atoms with van der Waals surface area (Å²) in [6, 6.07) is 10.3. The first-order valence-corrected chi connectivity index (χ1v) is 9.56. The highest BCUT2D eigenvalue weighted by molar-refractivity contribution is 6.02. The third kappa shape index (κ3) is 3.97. The maximum Gasteiger partial charge on any atom is 0.338 e. The zero-order valence-electron chi connectivity index (χ0n) is 17.3. The smallest absolute Gasteiger partial charge is 0.338 e. The monoisotopic (exact) mass is 392 g/mol. The lowest BCUT2D eigenvalue weighted by molar-refractivity contribution is 0.0319. The molecule has 0 aliphatic rings. The van der Waals surface area contributed by atoms with E-state index in [1.54, 1.807) is 48.7 Å². The minimum absolute atomic E-state index is 0.150. The Morgan fingerprint density at radius 1 is 1.03 bits per heavy atom. The van der Waals surface area contributed by atoms with Crippen molar-refractivity contribution in [1.82, 2.24) is 9.55 Å². The van der Waals surface area contributed by atoms with Crippen LogP contribution in [0.5, 0.6) is 0 Å². The lowest BCUT2D eigenvalue weighted by Gasteiger charge is -2.14. The van der Waals surface area contributed by atoms with Crippen LogP contribution in [0.25, 0.3) is 11.0 Å². The molecule has 1 atom stereocenters. The van der Waals surface area contributed by atoms with Gasteiger partial charge in [-0.3, -0.25) is 9.59 Å².